The normalized spacial score (nSPS) is 16.4. The first-order valence-electron chi connectivity index (χ1n) is 7.66. The largest absolute Gasteiger partial charge is 0.394 e. The molecule has 0 radical (unpaired) electrons. The second-order valence-corrected chi connectivity index (χ2v) is 6.81. The van der Waals surface area contributed by atoms with Crippen molar-refractivity contribution in [2.24, 2.45) is 5.10 Å². The molecule has 142 valence electrons. The Hall–Kier alpha value is -1.59. The van der Waals surface area contributed by atoms with Crippen LogP contribution in [-0.4, -0.2) is 74.8 Å². The van der Waals surface area contributed by atoms with E-state index >= 15 is 0 Å². The molecule has 26 heavy (non-hydrogen) atoms. The number of hydrogen-bond acceptors (Lipinski definition) is 9. The number of anilines is 1. The van der Waals surface area contributed by atoms with Crippen molar-refractivity contribution in [3.63, 3.8) is 0 Å². The Morgan fingerprint density at radius 1 is 1.19 bits per heavy atom. The van der Waals surface area contributed by atoms with Crippen molar-refractivity contribution >= 4 is 34.3 Å². The number of aliphatic hydroxyl groups is 5. The minimum Gasteiger partial charge on any atom is -0.394 e. The summed E-state index contributed by atoms with van der Waals surface area (Å²) in [6.45, 7) is -0.741. The number of aliphatic hydroxyl groups excluding tert-OH is 5. The summed E-state index contributed by atoms with van der Waals surface area (Å²) in [6.07, 6.45) is -5.49. The number of halogens is 1. The van der Waals surface area contributed by atoms with Gasteiger partial charge < -0.3 is 25.5 Å². The summed E-state index contributed by atoms with van der Waals surface area (Å²) in [6, 6.07) is 7.22. The lowest BCUT2D eigenvalue weighted by Crippen LogP contribution is -2.46. The molecule has 1 heterocycles. The van der Waals surface area contributed by atoms with E-state index in [1.165, 1.54) is 16.3 Å². The maximum atomic E-state index is 9.83. The van der Waals surface area contributed by atoms with Crippen LogP contribution in [0, 0.1) is 0 Å². The molecule has 0 amide bonds. The van der Waals surface area contributed by atoms with Gasteiger partial charge in [0.15, 0.2) is 0 Å². The van der Waals surface area contributed by atoms with Crippen LogP contribution < -0.4 is 5.01 Å². The molecule has 0 aliphatic heterocycles. The highest BCUT2D eigenvalue weighted by Gasteiger charge is 2.29. The van der Waals surface area contributed by atoms with Crippen molar-refractivity contribution in [1.82, 2.24) is 4.98 Å². The van der Waals surface area contributed by atoms with E-state index in [-0.39, 0.29) is 0 Å². The van der Waals surface area contributed by atoms with Crippen molar-refractivity contribution < 1.29 is 25.5 Å². The molecule has 0 fully saturated rings. The highest BCUT2D eigenvalue weighted by molar-refractivity contribution is 7.14. The molecule has 1 aromatic carbocycles. The zero-order valence-electron chi connectivity index (χ0n) is 13.8. The van der Waals surface area contributed by atoms with Crippen molar-refractivity contribution in [3.05, 3.63) is 34.7 Å². The minimum atomic E-state index is -1.71. The summed E-state index contributed by atoms with van der Waals surface area (Å²) in [5.41, 5.74) is 1.64. The van der Waals surface area contributed by atoms with E-state index in [4.69, 9.17) is 16.7 Å². The van der Waals surface area contributed by atoms with E-state index in [9.17, 15) is 20.4 Å². The summed E-state index contributed by atoms with van der Waals surface area (Å²) in [5.74, 6) is 0. The lowest BCUT2D eigenvalue weighted by atomic mass is 10.0. The highest BCUT2D eigenvalue weighted by Crippen LogP contribution is 2.27. The molecule has 5 N–H and O–H groups in total. The number of hydrogen-bond donors (Lipinski definition) is 5. The standard InChI is InChI=1S/C16H20ClN3O5S/c1-20(18-6-12(22)14(24)15(25)13(23)7-21)16-19-11(8-26-16)9-2-4-10(17)5-3-9/h2-6,8,12-15,21-25H,7H2,1H3/b18-6+/t12-,13+,14+,15+/m0/s1. The summed E-state index contributed by atoms with van der Waals surface area (Å²) in [5, 5.41) is 55.6. The average Bonchev–Trinajstić information content (AvgIpc) is 3.14. The van der Waals surface area contributed by atoms with Gasteiger partial charge in [0.1, 0.15) is 24.4 Å². The molecule has 8 nitrogen and oxygen atoms in total. The van der Waals surface area contributed by atoms with E-state index in [0.717, 1.165) is 17.5 Å². The van der Waals surface area contributed by atoms with Gasteiger partial charge in [-0.3, -0.25) is 0 Å². The van der Waals surface area contributed by atoms with Gasteiger partial charge in [0.05, 0.1) is 18.5 Å². The minimum absolute atomic E-state index is 0.545. The van der Waals surface area contributed by atoms with E-state index in [0.29, 0.717) is 10.2 Å². The fraction of sp³-hybridized carbons (Fsp3) is 0.375. The smallest absolute Gasteiger partial charge is 0.206 e. The molecule has 0 unspecified atom stereocenters. The Morgan fingerprint density at radius 2 is 1.85 bits per heavy atom. The van der Waals surface area contributed by atoms with Gasteiger partial charge in [-0.1, -0.05) is 23.7 Å². The van der Waals surface area contributed by atoms with Gasteiger partial charge in [-0.2, -0.15) is 5.10 Å². The van der Waals surface area contributed by atoms with Crippen LogP contribution in [0.4, 0.5) is 5.13 Å². The van der Waals surface area contributed by atoms with Crippen molar-refractivity contribution in [1.29, 1.82) is 0 Å². The van der Waals surface area contributed by atoms with Gasteiger partial charge in [0.2, 0.25) is 5.13 Å². The van der Waals surface area contributed by atoms with Crippen LogP contribution in [0.15, 0.2) is 34.7 Å². The predicted octanol–water partition coefficient (Wildman–Crippen LogP) is 0.321. The van der Waals surface area contributed by atoms with Crippen LogP contribution in [0.25, 0.3) is 11.3 Å². The second-order valence-electron chi connectivity index (χ2n) is 5.53. The fourth-order valence-corrected chi connectivity index (χ4v) is 2.89. The van der Waals surface area contributed by atoms with E-state index < -0.39 is 31.0 Å². The molecule has 2 rings (SSSR count). The number of benzene rings is 1. The first kappa shape index (κ1) is 20.7. The van der Waals surface area contributed by atoms with Crippen molar-refractivity contribution in [2.75, 3.05) is 18.7 Å². The van der Waals surface area contributed by atoms with Crippen LogP contribution >= 0.6 is 22.9 Å². The number of nitrogens with zero attached hydrogens (tertiary/aromatic N) is 3. The molecule has 1 aromatic heterocycles. The van der Waals surface area contributed by atoms with Crippen LogP contribution in [0.2, 0.25) is 5.02 Å². The van der Waals surface area contributed by atoms with Gasteiger partial charge >= 0.3 is 0 Å². The van der Waals surface area contributed by atoms with Gasteiger partial charge in [-0.05, 0) is 12.1 Å². The molecule has 10 heteroatoms. The monoisotopic (exact) mass is 401 g/mol. The quantitative estimate of drug-likeness (QED) is 0.318. The maximum absolute atomic E-state index is 9.83. The van der Waals surface area contributed by atoms with Crippen LogP contribution in [0.3, 0.4) is 0 Å². The van der Waals surface area contributed by atoms with E-state index in [2.05, 4.69) is 10.1 Å². The van der Waals surface area contributed by atoms with Crippen LogP contribution in [-0.2, 0) is 0 Å². The summed E-state index contributed by atoms with van der Waals surface area (Å²) in [7, 11) is 1.61. The first-order valence-corrected chi connectivity index (χ1v) is 8.91. The highest BCUT2D eigenvalue weighted by atomic mass is 35.5. The Labute approximate surface area is 159 Å². The number of aromatic nitrogens is 1. The first-order chi connectivity index (χ1) is 12.3. The van der Waals surface area contributed by atoms with Crippen LogP contribution in [0.5, 0.6) is 0 Å². The van der Waals surface area contributed by atoms with E-state index in [1.54, 1.807) is 19.2 Å². The molecule has 0 aliphatic carbocycles. The lowest BCUT2D eigenvalue weighted by Gasteiger charge is -2.23. The average molecular weight is 402 g/mol. The van der Waals surface area contributed by atoms with Gasteiger partial charge in [-0.15, -0.1) is 11.3 Å². The summed E-state index contributed by atoms with van der Waals surface area (Å²) < 4.78 is 0. The molecule has 0 spiro atoms. The Balaban J connectivity index is 2.02. The number of hydrazone groups is 1. The Bertz CT molecular complexity index is 727. The Morgan fingerprint density at radius 3 is 2.46 bits per heavy atom. The third-order valence-electron chi connectivity index (χ3n) is 3.58. The molecule has 0 aliphatic rings. The molecular formula is C16H20ClN3O5S. The molecule has 2 aromatic rings. The molecule has 4 atom stereocenters. The summed E-state index contributed by atoms with van der Waals surface area (Å²) in [4.78, 5) is 4.43. The maximum Gasteiger partial charge on any atom is 0.206 e. The number of thiazole rings is 1. The molecule has 0 saturated heterocycles. The van der Waals surface area contributed by atoms with E-state index in [1.807, 2.05) is 17.5 Å². The zero-order chi connectivity index (χ0) is 19.3. The van der Waals surface area contributed by atoms with Crippen molar-refractivity contribution in [2.45, 2.75) is 24.4 Å². The van der Waals surface area contributed by atoms with Gasteiger partial charge in [0, 0.05) is 23.0 Å². The molecule has 0 bridgehead atoms. The molecular weight excluding hydrogens is 382 g/mol. The number of rotatable bonds is 8. The Kier molecular flexibility index (Phi) is 7.47. The second kappa shape index (κ2) is 9.38. The third kappa shape index (κ3) is 5.21. The van der Waals surface area contributed by atoms with Gasteiger partial charge in [0.25, 0.3) is 0 Å². The zero-order valence-corrected chi connectivity index (χ0v) is 15.4. The van der Waals surface area contributed by atoms with Crippen LogP contribution in [0.1, 0.15) is 0 Å². The SMILES string of the molecule is CN(/N=C/[C@H](O)[C@@H](O)[C@H](O)[C@H](O)CO)c1nc(-c2ccc(Cl)cc2)cs1. The summed E-state index contributed by atoms with van der Waals surface area (Å²) >= 11 is 7.20. The fourth-order valence-electron chi connectivity index (χ4n) is 2.01. The van der Waals surface area contributed by atoms with Crippen molar-refractivity contribution in [3.8, 4) is 11.3 Å². The predicted molar refractivity (Wildman–Crippen MR) is 101 cm³/mol. The lowest BCUT2D eigenvalue weighted by molar-refractivity contribution is -0.0999. The third-order valence-corrected chi connectivity index (χ3v) is 4.74. The van der Waals surface area contributed by atoms with Gasteiger partial charge in [-0.25, -0.2) is 9.99 Å². The molecule has 0 saturated carbocycles. The topological polar surface area (TPSA) is 130 Å².